The van der Waals surface area contributed by atoms with E-state index in [0.717, 1.165) is 0 Å². The number of carbonyl (C=O) groups is 1. The molecule has 0 amide bonds. The molecule has 0 atom stereocenters. The first-order valence-corrected chi connectivity index (χ1v) is 3.81. The zero-order valence-electron chi connectivity index (χ0n) is 8.28. The van der Waals surface area contributed by atoms with Gasteiger partial charge in [0, 0.05) is 6.07 Å². The molecule has 0 aliphatic heterocycles. The zero-order valence-corrected chi connectivity index (χ0v) is 10.4. The molecular weight excluding hydrogens is 297 g/mol. The van der Waals surface area contributed by atoms with Crippen LogP contribution in [0.2, 0.25) is 0 Å². The van der Waals surface area contributed by atoms with Crippen molar-refractivity contribution in [2.45, 2.75) is 0 Å². The Labute approximate surface area is 99.9 Å². The van der Waals surface area contributed by atoms with Gasteiger partial charge in [-0.3, -0.25) is 0 Å². The highest BCUT2D eigenvalue weighted by Gasteiger charge is 2.12. The Balaban J connectivity index is 0.00000169. The maximum atomic E-state index is 11.1. The number of aryl methyl sites for hydroxylation is 1. The SMILES string of the molecule is COC(=O)c1cc[n+](C)c(OC)c1.[I-]. The van der Waals surface area contributed by atoms with E-state index in [9.17, 15) is 4.79 Å². The molecule has 0 saturated heterocycles. The van der Waals surface area contributed by atoms with Crippen LogP contribution in [-0.4, -0.2) is 20.2 Å². The van der Waals surface area contributed by atoms with Gasteiger partial charge in [-0.25, -0.2) is 4.79 Å². The van der Waals surface area contributed by atoms with Crippen LogP contribution >= 0.6 is 0 Å². The highest BCUT2D eigenvalue weighted by atomic mass is 127. The molecule has 0 radical (unpaired) electrons. The molecule has 1 aromatic rings. The summed E-state index contributed by atoms with van der Waals surface area (Å²) in [7, 11) is 4.73. The van der Waals surface area contributed by atoms with Gasteiger partial charge >= 0.3 is 11.8 Å². The van der Waals surface area contributed by atoms with Gasteiger partial charge in [0.25, 0.3) is 0 Å². The van der Waals surface area contributed by atoms with Gasteiger partial charge in [-0.2, -0.15) is 4.57 Å². The van der Waals surface area contributed by atoms with E-state index in [1.54, 1.807) is 30.0 Å². The van der Waals surface area contributed by atoms with Crippen molar-refractivity contribution in [3.63, 3.8) is 0 Å². The number of aromatic nitrogens is 1. The quantitative estimate of drug-likeness (QED) is 0.339. The molecule has 0 spiro atoms. The number of nitrogens with zero attached hydrogens (tertiary/aromatic N) is 1. The summed E-state index contributed by atoms with van der Waals surface area (Å²) < 4.78 is 11.4. The van der Waals surface area contributed by atoms with Crippen molar-refractivity contribution >= 4 is 5.97 Å². The van der Waals surface area contributed by atoms with Crippen LogP contribution in [0.15, 0.2) is 18.3 Å². The Morgan fingerprint density at radius 1 is 1.43 bits per heavy atom. The lowest BCUT2D eigenvalue weighted by Crippen LogP contribution is -3.00. The van der Waals surface area contributed by atoms with Crippen molar-refractivity contribution in [2.75, 3.05) is 14.2 Å². The molecule has 0 aliphatic rings. The Morgan fingerprint density at radius 2 is 2.07 bits per heavy atom. The van der Waals surface area contributed by atoms with Gasteiger partial charge < -0.3 is 33.5 Å². The molecule has 0 bridgehead atoms. The minimum Gasteiger partial charge on any atom is -1.00 e. The van der Waals surface area contributed by atoms with Crippen molar-refractivity contribution in [3.8, 4) is 5.88 Å². The molecule has 0 saturated carbocycles. The van der Waals surface area contributed by atoms with E-state index in [4.69, 9.17) is 4.74 Å². The first kappa shape index (κ1) is 13.2. The molecule has 1 rings (SSSR count). The largest absolute Gasteiger partial charge is 1.00 e. The third-order valence-corrected chi connectivity index (χ3v) is 1.73. The van der Waals surface area contributed by atoms with Gasteiger partial charge in [0.15, 0.2) is 6.20 Å². The van der Waals surface area contributed by atoms with Crippen LogP contribution < -0.4 is 33.3 Å². The number of pyridine rings is 1. The average molecular weight is 309 g/mol. The van der Waals surface area contributed by atoms with Gasteiger partial charge in [-0.1, -0.05) is 0 Å². The Morgan fingerprint density at radius 3 is 2.57 bits per heavy atom. The first-order valence-electron chi connectivity index (χ1n) is 3.81. The van der Waals surface area contributed by atoms with E-state index in [1.165, 1.54) is 7.11 Å². The molecule has 78 valence electrons. The van der Waals surface area contributed by atoms with Gasteiger partial charge in [-0.05, 0) is 0 Å². The Hall–Kier alpha value is -0.850. The highest BCUT2D eigenvalue weighted by molar-refractivity contribution is 5.89. The summed E-state index contributed by atoms with van der Waals surface area (Å²) in [6.07, 6.45) is 1.74. The maximum Gasteiger partial charge on any atom is 0.368 e. The van der Waals surface area contributed by atoms with Crippen molar-refractivity contribution in [3.05, 3.63) is 23.9 Å². The topological polar surface area (TPSA) is 39.4 Å². The van der Waals surface area contributed by atoms with Crippen molar-refractivity contribution in [1.82, 2.24) is 0 Å². The Bertz CT molecular complexity index is 328. The van der Waals surface area contributed by atoms with E-state index >= 15 is 0 Å². The minimum atomic E-state index is -0.362. The van der Waals surface area contributed by atoms with Crippen LogP contribution in [0.1, 0.15) is 10.4 Å². The predicted octanol–water partition coefficient (Wildman–Crippen LogP) is -2.69. The second-order valence-corrected chi connectivity index (χ2v) is 2.56. The fourth-order valence-electron chi connectivity index (χ4n) is 0.996. The molecule has 0 fully saturated rings. The third-order valence-electron chi connectivity index (χ3n) is 1.73. The molecule has 0 aliphatic carbocycles. The smallest absolute Gasteiger partial charge is 0.368 e. The molecule has 0 aromatic carbocycles. The number of halogens is 1. The average Bonchev–Trinajstić information content (AvgIpc) is 2.17. The number of ether oxygens (including phenoxy) is 2. The summed E-state index contributed by atoms with van der Waals surface area (Å²) in [5.41, 5.74) is 0.484. The van der Waals surface area contributed by atoms with Crippen LogP contribution in [0.3, 0.4) is 0 Å². The standard InChI is InChI=1S/C9H12NO3.HI/c1-10-5-4-7(9(11)13-3)6-8(10)12-2;/h4-6H,1-3H3;1H/q+1;/p-1. The summed E-state index contributed by atoms with van der Waals surface area (Å²) in [4.78, 5) is 11.1. The van der Waals surface area contributed by atoms with E-state index < -0.39 is 0 Å². The number of hydrogen-bond acceptors (Lipinski definition) is 3. The summed E-state index contributed by atoms with van der Waals surface area (Å²) in [6, 6.07) is 3.31. The van der Waals surface area contributed by atoms with Crippen molar-refractivity contribution in [1.29, 1.82) is 0 Å². The lowest BCUT2D eigenvalue weighted by molar-refractivity contribution is -0.676. The van der Waals surface area contributed by atoms with Crippen LogP contribution in [0.25, 0.3) is 0 Å². The number of esters is 1. The fraction of sp³-hybridized carbons (Fsp3) is 0.333. The second-order valence-electron chi connectivity index (χ2n) is 2.56. The maximum absolute atomic E-state index is 11.1. The number of rotatable bonds is 2. The monoisotopic (exact) mass is 309 g/mol. The normalized spacial score (nSPS) is 8.79. The summed E-state index contributed by atoms with van der Waals surface area (Å²) in [5, 5.41) is 0. The fourth-order valence-corrected chi connectivity index (χ4v) is 0.996. The van der Waals surface area contributed by atoms with Crippen molar-refractivity contribution < 1.29 is 42.8 Å². The molecule has 0 unspecified atom stereocenters. The van der Waals surface area contributed by atoms with Crippen LogP contribution in [-0.2, 0) is 11.8 Å². The molecule has 1 heterocycles. The molecule has 14 heavy (non-hydrogen) atoms. The number of methoxy groups -OCH3 is 2. The Kier molecular flexibility index (Phi) is 5.44. The third kappa shape index (κ3) is 2.83. The molecular formula is C9H12INO3. The molecule has 4 nitrogen and oxygen atoms in total. The lowest BCUT2D eigenvalue weighted by Gasteiger charge is -2.00. The summed E-state index contributed by atoms with van der Waals surface area (Å²) in [6.45, 7) is 0. The van der Waals surface area contributed by atoms with Gasteiger partial charge in [-0.15, -0.1) is 0 Å². The van der Waals surface area contributed by atoms with Crippen LogP contribution in [0.5, 0.6) is 5.88 Å². The predicted molar refractivity (Wildman–Crippen MR) is 45.5 cm³/mol. The number of hydrogen-bond donors (Lipinski definition) is 0. The van der Waals surface area contributed by atoms with Gasteiger partial charge in [0.1, 0.15) is 7.05 Å². The van der Waals surface area contributed by atoms with Gasteiger partial charge in [0.05, 0.1) is 25.8 Å². The zero-order chi connectivity index (χ0) is 9.84. The first-order chi connectivity index (χ1) is 6.19. The number of carbonyl (C=O) groups excluding carboxylic acids is 1. The molecule has 0 N–H and O–H groups in total. The summed E-state index contributed by atoms with van der Waals surface area (Å²) >= 11 is 0. The van der Waals surface area contributed by atoms with E-state index in [0.29, 0.717) is 11.4 Å². The molecule has 1 aromatic heterocycles. The second kappa shape index (κ2) is 5.79. The van der Waals surface area contributed by atoms with Crippen LogP contribution in [0, 0.1) is 0 Å². The van der Waals surface area contributed by atoms with Crippen molar-refractivity contribution in [2.24, 2.45) is 7.05 Å². The van der Waals surface area contributed by atoms with E-state index in [-0.39, 0.29) is 29.9 Å². The summed E-state index contributed by atoms with van der Waals surface area (Å²) in [5.74, 6) is 0.252. The lowest BCUT2D eigenvalue weighted by atomic mass is 10.2. The van der Waals surface area contributed by atoms with Gasteiger partial charge in [0.2, 0.25) is 0 Å². The highest BCUT2D eigenvalue weighted by Crippen LogP contribution is 2.07. The van der Waals surface area contributed by atoms with E-state index in [2.05, 4.69) is 4.74 Å². The molecule has 5 heteroatoms. The van der Waals surface area contributed by atoms with Crippen LogP contribution in [0.4, 0.5) is 0 Å². The van der Waals surface area contributed by atoms with E-state index in [1.807, 2.05) is 7.05 Å². The minimum absolute atomic E-state index is 0.